The van der Waals surface area contributed by atoms with Gasteiger partial charge in [-0.1, -0.05) is 47.7 Å². The summed E-state index contributed by atoms with van der Waals surface area (Å²) in [7, 11) is 0. The number of hydrogen-bond acceptors (Lipinski definition) is 5. The molecule has 0 bridgehead atoms. The number of benzene rings is 1. The lowest BCUT2D eigenvalue weighted by Gasteiger charge is -1.95. The van der Waals surface area contributed by atoms with Crippen molar-refractivity contribution in [1.29, 1.82) is 0 Å². The predicted octanol–water partition coefficient (Wildman–Crippen LogP) is 2.91. The van der Waals surface area contributed by atoms with Crippen LogP contribution in [0.2, 0.25) is 0 Å². The highest BCUT2D eigenvalue weighted by molar-refractivity contribution is 7.19. The molecule has 5 nitrogen and oxygen atoms in total. The van der Waals surface area contributed by atoms with Gasteiger partial charge in [0.15, 0.2) is 10.8 Å². The molecule has 0 N–H and O–H groups in total. The molecule has 0 aliphatic carbocycles. The largest absolute Gasteiger partial charge is 0.254 e. The van der Waals surface area contributed by atoms with Crippen LogP contribution in [-0.2, 0) is 0 Å². The van der Waals surface area contributed by atoms with Crippen molar-refractivity contribution in [1.82, 2.24) is 24.8 Å². The molecule has 0 amide bonds. The number of pyridine rings is 1. The first kappa shape index (κ1) is 11.2. The zero-order valence-electron chi connectivity index (χ0n) is 10.3. The van der Waals surface area contributed by atoms with Gasteiger partial charge in [-0.15, -0.1) is 10.2 Å². The van der Waals surface area contributed by atoms with E-state index >= 15 is 0 Å². The standard InChI is InChI=1S/C14H9N5S/c1-2-6-10(7-3-1)12-16-17-14-19(12)18-13(20-14)11-8-4-5-9-15-11/h1-9H. The Kier molecular flexibility index (Phi) is 2.53. The highest BCUT2D eigenvalue weighted by atomic mass is 32.1. The summed E-state index contributed by atoms with van der Waals surface area (Å²) in [5.74, 6) is 0.749. The van der Waals surface area contributed by atoms with E-state index in [1.165, 1.54) is 11.3 Å². The molecule has 0 radical (unpaired) electrons. The molecule has 4 aromatic rings. The molecule has 3 aromatic heterocycles. The van der Waals surface area contributed by atoms with E-state index in [9.17, 15) is 0 Å². The molecule has 0 saturated carbocycles. The van der Waals surface area contributed by atoms with Gasteiger partial charge >= 0.3 is 0 Å². The van der Waals surface area contributed by atoms with E-state index in [0.717, 1.165) is 27.1 Å². The van der Waals surface area contributed by atoms with Crippen LogP contribution in [0.5, 0.6) is 0 Å². The van der Waals surface area contributed by atoms with Crippen molar-refractivity contribution in [3.63, 3.8) is 0 Å². The first-order valence-electron chi connectivity index (χ1n) is 6.11. The Balaban J connectivity index is 1.88. The summed E-state index contributed by atoms with van der Waals surface area (Å²) in [6, 6.07) is 15.7. The van der Waals surface area contributed by atoms with Gasteiger partial charge in [0.05, 0.1) is 0 Å². The molecule has 96 valence electrons. The fraction of sp³-hybridized carbons (Fsp3) is 0. The van der Waals surface area contributed by atoms with Crippen molar-refractivity contribution < 1.29 is 0 Å². The Hall–Kier alpha value is -2.60. The van der Waals surface area contributed by atoms with Gasteiger partial charge in [-0.05, 0) is 12.1 Å². The molecule has 0 aliphatic rings. The van der Waals surface area contributed by atoms with Gasteiger partial charge in [0.1, 0.15) is 5.69 Å². The fourth-order valence-corrected chi connectivity index (χ4v) is 2.79. The predicted molar refractivity (Wildman–Crippen MR) is 77.3 cm³/mol. The van der Waals surface area contributed by atoms with Crippen LogP contribution in [0.1, 0.15) is 0 Å². The minimum atomic E-state index is 0.749. The van der Waals surface area contributed by atoms with Crippen LogP contribution in [0.25, 0.3) is 27.1 Å². The summed E-state index contributed by atoms with van der Waals surface area (Å²) in [6.45, 7) is 0. The average Bonchev–Trinajstić information content (AvgIpc) is 3.09. The molecule has 1 aromatic carbocycles. The van der Waals surface area contributed by atoms with Gasteiger partial charge in [-0.25, -0.2) is 0 Å². The molecule has 0 unspecified atom stereocenters. The SMILES string of the molecule is c1ccc(-c2nnc3sc(-c4ccccn4)nn23)cc1. The van der Waals surface area contributed by atoms with Crippen molar-refractivity contribution in [3.05, 3.63) is 54.7 Å². The second-order valence-electron chi connectivity index (χ2n) is 4.21. The van der Waals surface area contributed by atoms with Crippen LogP contribution in [0.3, 0.4) is 0 Å². The van der Waals surface area contributed by atoms with E-state index in [1.807, 2.05) is 48.5 Å². The maximum Gasteiger partial charge on any atom is 0.235 e. The molecule has 0 spiro atoms. The lowest BCUT2D eigenvalue weighted by molar-refractivity contribution is 0.967. The Bertz CT molecular complexity index is 851. The van der Waals surface area contributed by atoms with E-state index in [2.05, 4.69) is 20.3 Å². The summed E-state index contributed by atoms with van der Waals surface area (Å²) < 4.78 is 1.77. The molecule has 0 atom stereocenters. The maximum atomic E-state index is 4.57. The zero-order chi connectivity index (χ0) is 13.4. The third-order valence-corrected chi connectivity index (χ3v) is 3.83. The van der Waals surface area contributed by atoms with E-state index in [0.29, 0.717) is 0 Å². The lowest BCUT2D eigenvalue weighted by atomic mass is 10.2. The molecular weight excluding hydrogens is 270 g/mol. The van der Waals surface area contributed by atoms with Gasteiger partial charge in [0.2, 0.25) is 4.96 Å². The van der Waals surface area contributed by atoms with E-state index in [4.69, 9.17) is 0 Å². The van der Waals surface area contributed by atoms with Gasteiger partial charge in [0.25, 0.3) is 0 Å². The van der Waals surface area contributed by atoms with Crippen LogP contribution in [0, 0.1) is 0 Å². The number of nitrogens with zero attached hydrogens (tertiary/aromatic N) is 5. The summed E-state index contributed by atoms with van der Waals surface area (Å²) in [5, 5.41) is 13.8. The minimum Gasteiger partial charge on any atom is -0.254 e. The summed E-state index contributed by atoms with van der Waals surface area (Å²) in [6.07, 6.45) is 1.76. The van der Waals surface area contributed by atoms with Gasteiger partial charge < -0.3 is 0 Å². The average molecular weight is 279 g/mol. The van der Waals surface area contributed by atoms with E-state index in [-0.39, 0.29) is 0 Å². The monoisotopic (exact) mass is 279 g/mol. The third kappa shape index (κ3) is 1.78. The van der Waals surface area contributed by atoms with Crippen molar-refractivity contribution in [2.24, 2.45) is 0 Å². The topological polar surface area (TPSA) is 56.0 Å². The van der Waals surface area contributed by atoms with Gasteiger partial charge in [-0.2, -0.15) is 9.61 Å². The van der Waals surface area contributed by atoms with Crippen molar-refractivity contribution in [2.75, 3.05) is 0 Å². The Morgan fingerprint density at radius 2 is 1.75 bits per heavy atom. The fourth-order valence-electron chi connectivity index (χ4n) is 1.98. The molecule has 0 fully saturated rings. The normalized spacial score (nSPS) is 11.0. The Morgan fingerprint density at radius 1 is 0.900 bits per heavy atom. The second-order valence-corrected chi connectivity index (χ2v) is 5.16. The number of hydrogen-bond donors (Lipinski definition) is 0. The highest BCUT2D eigenvalue weighted by Crippen LogP contribution is 2.26. The van der Waals surface area contributed by atoms with Gasteiger partial charge in [0, 0.05) is 11.8 Å². The first-order valence-corrected chi connectivity index (χ1v) is 6.92. The van der Waals surface area contributed by atoms with Crippen LogP contribution >= 0.6 is 11.3 Å². The molecule has 4 rings (SSSR count). The van der Waals surface area contributed by atoms with E-state index in [1.54, 1.807) is 10.7 Å². The number of aromatic nitrogens is 5. The first-order chi connectivity index (χ1) is 9.92. The Morgan fingerprint density at radius 3 is 2.55 bits per heavy atom. The summed E-state index contributed by atoms with van der Waals surface area (Å²) in [5.41, 5.74) is 1.85. The summed E-state index contributed by atoms with van der Waals surface area (Å²) >= 11 is 1.48. The smallest absolute Gasteiger partial charge is 0.235 e. The maximum absolute atomic E-state index is 4.57. The number of fused-ring (bicyclic) bond motifs is 1. The quantitative estimate of drug-likeness (QED) is 0.566. The van der Waals surface area contributed by atoms with Crippen molar-refractivity contribution >= 4 is 16.3 Å². The molecule has 0 saturated heterocycles. The molecule has 3 heterocycles. The lowest BCUT2D eigenvalue weighted by Crippen LogP contribution is -1.91. The summed E-state index contributed by atoms with van der Waals surface area (Å²) in [4.78, 5) is 5.08. The highest BCUT2D eigenvalue weighted by Gasteiger charge is 2.14. The van der Waals surface area contributed by atoms with Crippen LogP contribution in [-0.4, -0.2) is 24.8 Å². The second kappa shape index (κ2) is 4.50. The van der Waals surface area contributed by atoms with Crippen LogP contribution in [0.15, 0.2) is 54.7 Å². The molecular formula is C14H9N5S. The van der Waals surface area contributed by atoms with Crippen molar-refractivity contribution in [2.45, 2.75) is 0 Å². The van der Waals surface area contributed by atoms with E-state index < -0.39 is 0 Å². The van der Waals surface area contributed by atoms with Crippen LogP contribution < -0.4 is 0 Å². The minimum absolute atomic E-state index is 0.749. The molecule has 20 heavy (non-hydrogen) atoms. The third-order valence-electron chi connectivity index (χ3n) is 2.91. The van der Waals surface area contributed by atoms with Gasteiger partial charge in [-0.3, -0.25) is 4.98 Å². The number of rotatable bonds is 2. The molecule has 0 aliphatic heterocycles. The van der Waals surface area contributed by atoms with Crippen molar-refractivity contribution in [3.8, 4) is 22.1 Å². The molecule has 6 heteroatoms. The Labute approximate surface area is 118 Å². The zero-order valence-corrected chi connectivity index (χ0v) is 11.2. The van der Waals surface area contributed by atoms with Crippen LogP contribution in [0.4, 0.5) is 0 Å².